The topological polar surface area (TPSA) is 116 Å². The second-order valence-corrected chi connectivity index (χ2v) is 11.1. The number of halogens is 3. The molecule has 11 heteroatoms. The highest BCUT2D eigenvalue weighted by molar-refractivity contribution is 14.1. The van der Waals surface area contributed by atoms with E-state index in [0.717, 1.165) is 9.13 Å². The van der Waals surface area contributed by atoms with Crippen LogP contribution in [0.15, 0.2) is 30.3 Å². The molecule has 0 aromatic heterocycles. The number of hydrogen-bond donors (Lipinski definition) is 3. The molecule has 0 saturated carbocycles. The summed E-state index contributed by atoms with van der Waals surface area (Å²) >= 11 is 6.37. The molecule has 3 N–H and O–H groups in total. The molecule has 0 bridgehead atoms. The summed E-state index contributed by atoms with van der Waals surface area (Å²) in [5.74, 6) is -1.44. The third-order valence-electron chi connectivity index (χ3n) is 4.92. The molecule has 0 radical (unpaired) electrons. The molecule has 2 rings (SSSR count). The lowest BCUT2D eigenvalue weighted by molar-refractivity contribution is -0.137. The van der Waals surface area contributed by atoms with Crippen molar-refractivity contribution >= 4 is 103 Å². The van der Waals surface area contributed by atoms with Gasteiger partial charge in [0.25, 0.3) is 5.91 Å². The van der Waals surface area contributed by atoms with Crippen molar-refractivity contribution in [2.75, 3.05) is 30.3 Å². The first-order valence-corrected chi connectivity index (χ1v) is 14.0. The van der Waals surface area contributed by atoms with Gasteiger partial charge in [0.2, 0.25) is 0 Å². The first-order valence-electron chi connectivity index (χ1n) is 10.7. The predicted molar refractivity (Wildman–Crippen MR) is 161 cm³/mol. The van der Waals surface area contributed by atoms with Crippen molar-refractivity contribution in [3.8, 4) is 0 Å². The van der Waals surface area contributed by atoms with Crippen LogP contribution in [0.1, 0.15) is 42.6 Å². The molecule has 8 nitrogen and oxygen atoms in total. The Hall–Kier alpha value is -1.49. The maximum Gasteiger partial charge on any atom is 0.323 e. The monoisotopic (exact) mass is 817 g/mol. The van der Waals surface area contributed by atoms with Crippen molar-refractivity contribution in [1.29, 1.82) is 0 Å². The van der Waals surface area contributed by atoms with Gasteiger partial charge in [-0.05, 0) is 87.2 Å². The Balaban J connectivity index is 2.56. The summed E-state index contributed by atoms with van der Waals surface area (Å²) in [7, 11) is 0. The van der Waals surface area contributed by atoms with E-state index in [4.69, 9.17) is 0 Å². The van der Waals surface area contributed by atoms with Gasteiger partial charge < -0.3 is 20.6 Å². The molecule has 0 heterocycles. The summed E-state index contributed by atoms with van der Waals surface area (Å²) < 4.78 is 2.11. The number of carboxylic acid groups (broad SMARTS) is 1. The quantitative estimate of drug-likeness (QED) is 0.244. The maximum absolute atomic E-state index is 13.8. The molecule has 1 amide bonds. The van der Waals surface area contributed by atoms with E-state index in [1.165, 1.54) is 18.7 Å². The normalized spacial score (nSPS) is 10.5. The SMILES string of the molecule is CC(=O)CCNc1c(I)c(NCCC(C)=O)c(I)c(C(=O)N(CC(=O)O)Cc2ccccc2)c1I. The number of ketones is 2. The minimum Gasteiger partial charge on any atom is -0.480 e. The van der Waals surface area contributed by atoms with Gasteiger partial charge in [-0.2, -0.15) is 0 Å². The zero-order valence-electron chi connectivity index (χ0n) is 19.3. The number of anilines is 2. The van der Waals surface area contributed by atoms with Crippen LogP contribution in [-0.2, 0) is 20.9 Å². The van der Waals surface area contributed by atoms with E-state index < -0.39 is 18.4 Å². The lowest BCUT2D eigenvalue weighted by atomic mass is 10.1. The lowest BCUT2D eigenvalue weighted by Gasteiger charge is -2.25. The number of aliphatic carboxylic acids is 1. The second kappa shape index (κ2) is 14.3. The largest absolute Gasteiger partial charge is 0.480 e. The van der Waals surface area contributed by atoms with Gasteiger partial charge in [0, 0.05) is 32.5 Å². The first kappa shape index (κ1) is 29.7. The van der Waals surface area contributed by atoms with Crippen LogP contribution in [0.5, 0.6) is 0 Å². The number of amides is 1. The molecule has 0 spiro atoms. The van der Waals surface area contributed by atoms with Gasteiger partial charge in [0.05, 0.1) is 27.6 Å². The summed E-state index contributed by atoms with van der Waals surface area (Å²) in [4.78, 5) is 49.6. The third kappa shape index (κ3) is 8.84. The highest BCUT2D eigenvalue weighted by Crippen LogP contribution is 2.39. The predicted octanol–water partition coefficient (Wildman–Crippen LogP) is 5.01. The van der Waals surface area contributed by atoms with Gasteiger partial charge in [0.1, 0.15) is 18.1 Å². The number of hydrogen-bond acceptors (Lipinski definition) is 6. The number of benzene rings is 2. The number of carboxylic acids is 1. The molecular formula is C24H26I3N3O5. The van der Waals surface area contributed by atoms with Crippen LogP contribution in [0.25, 0.3) is 0 Å². The minimum absolute atomic E-state index is 0.0413. The highest BCUT2D eigenvalue weighted by Gasteiger charge is 2.29. The van der Waals surface area contributed by atoms with Crippen LogP contribution in [0.3, 0.4) is 0 Å². The molecule has 188 valence electrons. The Morgan fingerprint density at radius 2 is 1.31 bits per heavy atom. The highest BCUT2D eigenvalue weighted by atomic mass is 127. The second-order valence-electron chi connectivity index (χ2n) is 7.87. The van der Waals surface area contributed by atoms with Crippen LogP contribution in [0.4, 0.5) is 11.4 Å². The van der Waals surface area contributed by atoms with Gasteiger partial charge >= 0.3 is 5.97 Å². The molecule has 0 saturated heterocycles. The summed E-state index contributed by atoms with van der Waals surface area (Å²) in [6, 6.07) is 9.22. The number of rotatable bonds is 13. The molecule has 0 fully saturated rings. The van der Waals surface area contributed by atoms with Gasteiger partial charge in [-0.15, -0.1) is 0 Å². The summed E-state index contributed by atoms with van der Waals surface area (Å²) in [6.07, 6.45) is 0.654. The zero-order valence-corrected chi connectivity index (χ0v) is 25.8. The van der Waals surface area contributed by atoms with E-state index in [1.807, 2.05) is 30.3 Å². The van der Waals surface area contributed by atoms with Crippen LogP contribution < -0.4 is 10.6 Å². The first-order chi connectivity index (χ1) is 16.5. The van der Waals surface area contributed by atoms with Crippen molar-refractivity contribution in [3.63, 3.8) is 0 Å². The minimum atomic E-state index is -1.11. The van der Waals surface area contributed by atoms with E-state index in [0.29, 0.717) is 50.0 Å². The zero-order chi connectivity index (χ0) is 26.1. The van der Waals surface area contributed by atoms with E-state index in [-0.39, 0.29) is 18.1 Å². The van der Waals surface area contributed by atoms with Crippen LogP contribution >= 0.6 is 67.8 Å². The molecular weight excluding hydrogens is 791 g/mol. The average Bonchev–Trinajstić information content (AvgIpc) is 2.78. The van der Waals surface area contributed by atoms with Gasteiger partial charge in [-0.1, -0.05) is 30.3 Å². The van der Waals surface area contributed by atoms with E-state index in [1.54, 1.807) is 0 Å². The number of Topliss-reactive ketones (excluding diaryl/α,β-unsaturated/α-hetero) is 2. The summed E-state index contributed by atoms with van der Waals surface area (Å²) in [5, 5.41) is 16.0. The summed E-state index contributed by atoms with van der Waals surface area (Å²) in [6.45, 7) is 3.51. The van der Waals surface area contributed by atoms with E-state index in [9.17, 15) is 24.3 Å². The Kier molecular flexibility index (Phi) is 12.2. The summed E-state index contributed by atoms with van der Waals surface area (Å²) in [5.41, 5.74) is 2.57. The molecule has 0 atom stereocenters. The molecule has 2 aromatic carbocycles. The molecule has 0 aliphatic heterocycles. The number of carbonyl (C=O) groups is 4. The molecule has 0 aliphatic rings. The Labute approximate surface area is 245 Å². The smallest absolute Gasteiger partial charge is 0.323 e. The molecule has 35 heavy (non-hydrogen) atoms. The maximum atomic E-state index is 13.8. The fraction of sp³-hybridized carbons (Fsp3) is 0.333. The van der Waals surface area contributed by atoms with Crippen molar-refractivity contribution in [1.82, 2.24) is 4.90 Å². The van der Waals surface area contributed by atoms with Crippen molar-refractivity contribution in [2.24, 2.45) is 0 Å². The van der Waals surface area contributed by atoms with Crippen LogP contribution in [0.2, 0.25) is 0 Å². The Morgan fingerprint density at radius 1 is 0.829 bits per heavy atom. The van der Waals surface area contributed by atoms with E-state index >= 15 is 0 Å². The Morgan fingerprint density at radius 3 is 1.74 bits per heavy atom. The van der Waals surface area contributed by atoms with Gasteiger partial charge in [-0.25, -0.2) is 0 Å². The Bertz CT molecular complexity index is 1060. The molecule has 0 aliphatic carbocycles. The number of carbonyl (C=O) groups excluding carboxylic acids is 3. The number of nitrogens with zero attached hydrogens (tertiary/aromatic N) is 1. The van der Waals surface area contributed by atoms with Crippen molar-refractivity contribution in [3.05, 3.63) is 52.2 Å². The van der Waals surface area contributed by atoms with Crippen molar-refractivity contribution < 1.29 is 24.3 Å². The van der Waals surface area contributed by atoms with Crippen molar-refractivity contribution in [2.45, 2.75) is 33.2 Å². The lowest BCUT2D eigenvalue weighted by Crippen LogP contribution is -2.36. The van der Waals surface area contributed by atoms with Gasteiger partial charge in [0.15, 0.2) is 0 Å². The number of nitrogens with one attached hydrogen (secondary N) is 2. The third-order valence-corrected chi connectivity index (χ3v) is 8.15. The van der Waals surface area contributed by atoms with Crippen LogP contribution in [-0.4, -0.2) is 53.1 Å². The van der Waals surface area contributed by atoms with E-state index in [2.05, 4.69) is 78.4 Å². The molecule has 0 unspecified atom stereocenters. The van der Waals surface area contributed by atoms with Crippen LogP contribution in [0, 0.1) is 10.7 Å². The van der Waals surface area contributed by atoms with Gasteiger partial charge in [-0.3, -0.25) is 19.2 Å². The fourth-order valence-electron chi connectivity index (χ4n) is 3.21. The standard InChI is InChI=1S/C24H26I3N3O5/c1-14(31)8-10-28-22-19(25)18(20(26)23(21(22)27)29-11-9-15(2)32)24(35)30(13-17(33)34)12-16-6-4-3-5-7-16/h3-7,28-29H,8-13H2,1-2H3,(H,33,34). The fourth-order valence-corrected chi connectivity index (χ4v) is 7.60. The average molecular weight is 817 g/mol. The molecule has 2 aromatic rings.